The zero-order chi connectivity index (χ0) is 16.9. The molecule has 128 valence electrons. The van der Waals surface area contributed by atoms with Crippen LogP contribution in [0.25, 0.3) is 0 Å². The van der Waals surface area contributed by atoms with E-state index in [0.29, 0.717) is 12.3 Å². The molecule has 5 heteroatoms. The minimum absolute atomic E-state index is 0.0796. The number of fused-ring (bicyclic) bond motifs is 1. The number of rotatable bonds is 6. The van der Waals surface area contributed by atoms with Crippen molar-refractivity contribution >= 4 is 22.4 Å². The highest BCUT2D eigenvalue weighted by molar-refractivity contribution is 7.15. The normalized spacial score (nSPS) is 14.6. The number of hydrogen-bond acceptors (Lipinski definition) is 4. The molecule has 0 bridgehead atoms. The molecule has 1 aromatic carbocycles. The number of benzene rings is 1. The number of nitrogens with one attached hydrogen (secondary N) is 1. The van der Waals surface area contributed by atoms with Gasteiger partial charge < -0.3 is 5.32 Å². The Morgan fingerprint density at radius 1 is 1.33 bits per heavy atom. The Kier molecular flexibility index (Phi) is 5.63. The molecule has 0 aliphatic carbocycles. The van der Waals surface area contributed by atoms with Gasteiger partial charge in [-0.3, -0.25) is 9.69 Å². The average Bonchev–Trinajstić information content (AvgIpc) is 2.95. The van der Waals surface area contributed by atoms with Gasteiger partial charge in [-0.25, -0.2) is 4.98 Å². The lowest BCUT2D eigenvalue weighted by Gasteiger charge is -2.25. The molecule has 0 fully saturated rings. The second-order valence-corrected chi connectivity index (χ2v) is 7.90. The summed E-state index contributed by atoms with van der Waals surface area (Å²) in [7, 11) is 0. The van der Waals surface area contributed by atoms with Crippen LogP contribution in [0.5, 0.6) is 0 Å². The standard InChI is InChI=1S/C19H25N3OS/c1-14(2)8-9-18(23)21-19-20-16-10-11-22(13-17(16)24-19)12-15-6-4-3-5-7-15/h3-7,14H,8-13H2,1-2H3,(H,20,21,23). The summed E-state index contributed by atoms with van der Waals surface area (Å²) in [6.07, 6.45) is 2.45. The number of amides is 1. The Balaban J connectivity index is 1.57. The fraction of sp³-hybridized carbons (Fsp3) is 0.474. The Labute approximate surface area is 147 Å². The van der Waals surface area contributed by atoms with Crippen LogP contribution in [0.2, 0.25) is 0 Å². The van der Waals surface area contributed by atoms with E-state index >= 15 is 0 Å². The quantitative estimate of drug-likeness (QED) is 0.860. The first-order valence-electron chi connectivity index (χ1n) is 8.65. The van der Waals surface area contributed by atoms with Gasteiger partial charge in [0.1, 0.15) is 0 Å². The molecule has 1 N–H and O–H groups in total. The SMILES string of the molecule is CC(C)CCC(=O)Nc1nc2c(s1)CN(Cc1ccccc1)CC2. The first kappa shape index (κ1) is 17.1. The second kappa shape index (κ2) is 7.90. The number of anilines is 1. The number of nitrogens with zero attached hydrogens (tertiary/aromatic N) is 2. The Hall–Kier alpha value is -1.72. The molecule has 4 nitrogen and oxygen atoms in total. The number of hydrogen-bond donors (Lipinski definition) is 1. The second-order valence-electron chi connectivity index (χ2n) is 6.82. The van der Waals surface area contributed by atoms with Gasteiger partial charge in [0.25, 0.3) is 0 Å². The maximum atomic E-state index is 12.0. The zero-order valence-corrected chi connectivity index (χ0v) is 15.2. The molecule has 1 aliphatic heterocycles. The van der Waals surface area contributed by atoms with Crippen molar-refractivity contribution in [3.05, 3.63) is 46.5 Å². The van der Waals surface area contributed by atoms with Gasteiger partial charge in [0, 0.05) is 37.4 Å². The number of carbonyl (C=O) groups is 1. The molecule has 24 heavy (non-hydrogen) atoms. The van der Waals surface area contributed by atoms with Crippen LogP contribution in [0.1, 0.15) is 42.8 Å². The van der Waals surface area contributed by atoms with Crippen molar-refractivity contribution in [2.45, 2.75) is 46.2 Å². The van der Waals surface area contributed by atoms with Crippen molar-refractivity contribution in [1.29, 1.82) is 0 Å². The summed E-state index contributed by atoms with van der Waals surface area (Å²) >= 11 is 1.63. The van der Waals surface area contributed by atoms with Crippen LogP contribution >= 0.6 is 11.3 Å². The molecule has 0 saturated heterocycles. The van der Waals surface area contributed by atoms with E-state index in [9.17, 15) is 4.79 Å². The molecule has 2 heterocycles. The number of thiazole rings is 1. The van der Waals surface area contributed by atoms with E-state index in [-0.39, 0.29) is 5.91 Å². The van der Waals surface area contributed by atoms with E-state index < -0.39 is 0 Å². The molecule has 1 aliphatic rings. The molecular weight excluding hydrogens is 318 g/mol. The van der Waals surface area contributed by atoms with Crippen molar-refractivity contribution in [2.75, 3.05) is 11.9 Å². The largest absolute Gasteiger partial charge is 0.302 e. The van der Waals surface area contributed by atoms with Gasteiger partial charge in [-0.2, -0.15) is 0 Å². The van der Waals surface area contributed by atoms with Crippen LogP contribution < -0.4 is 5.32 Å². The minimum atomic E-state index is 0.0796. The van der Waals surface area contributed by atoms with Crippen molar-refractivity contribution in [1.82, 2.24) is 9.88 Å². The van der Waals surface area contributed by atoms with Gasteiger partial charge in [-0.05, 0) is 17.9 Å². The first-order valence-corrected chi connectivity index (χ1v) is 9.46. The molecule has 1 aromatic heterocycles. The van der Waals surface area contributed by atoms with Crippen molar-refractivity contribution < 1.29 is 4.79 Å². The van der Waals surface area contributed by atoms with Gasteiger partial charge >= 0.3 is 0 Å². The van der Waals surface area contributed by atoms with E-state index in [0.717, 1.165) is 43.3 Å². The first-order chi connectivity index (χ1) is 11.6. The van der Waals surface area contributed by atoms with E-state index in [1.54, 1.807) is 11.3 Å². The minimum Gasteiger partial charge on any atom is -0.302 e. The molecule has 0 unspecified atom stereocenters. The summed E-state index contributed by atoms with van der Waals surface area (Å²) in [5, 5.41) is 3.73. The van der Waals surface area contributed by atoms with Gasteiger partial charge in [0.05, 0.1) is 5.69 Å². The Morgan fingerprint density at radius 2 is 2.12 bits per heavy atom. The van der Waals surface area contributed by atoms with E-state index in [1.165, 1.54) is 10.4 Å². The molecule has 2 aromatic rings. The predicted octanol–water partition coefficient (Wildman–Crippen LogP) is 4.08. The maximum absolute atomic E-state index is 12.0. The zero-order valence-electron chi connectivity index (χ0n) is 14.4. The van der Waals surface area contributed by atoms with Crippen molar-refractivity contribution in [3.63, 3.8) is 0 Å². The molecule has 0 atom stereocenters. The smallest absolute Gasteiger partial charge is 0.226 e. The lowest BCUT2D eigenvalue weighted by molar-refractivity contribution is -0.116. The van der Waals surface area contributed by atoms with E-state index in [4.69, 9.17) is 0 Å². The summed E-state index contributed by atoms with van der Waals surface area (Å²) in [5.74, 6) is 0.628. The summed E-state index contributed by atoms with van der Waals surface area (Å²) in [6, 6.07) is 10.6. The number of carbonyl (C=O) groups excluding carboxylic acids is 1. The topological polar surface area (TPSA) is 45.2 Å². The summed E-state index contributed by atoms with van der Waals surface area (Å²) in [6.45, 7) is 7.18. The van der Waals surface area contributed by atoms with Gasteiger partial charge in [-0.1, -0.05) is 44.2 Å². The highest BCUT2D eigenvalue weighted by atomic mass is 32.1. The lowest BCUT2D eigenvalue weighted by Crippen LogP contribution is -2.29. The van der Waals surface area contributed by atoms with E-state index in [2.05, 4.69) is 59.4 Å². The number of aromatic nitrogens is 1. The maximum Gasteiger partial charge on any atom is 0.226 e. The van der Waals surface area contributed by atoms with Gasteiger partial charge in [0.2, 0.25) is 5.91 Å². The third-order valence-corrected chi connectivity index (χ3v) is 5.25. The van der Waals surface area contributed by atoms with Crippen LogP contribution in [0.3, 0.4) is 0 Å². The lowest BCUT2D eigenvalue weighted by atomic mass is 10.1. The molecule has 1 amide bonds. The summed E-state index contributed by atoms with van der Waals surface area (Å²) in [5.41, 5.74) is 2.50. The molecular formula is C19H25N3OS. The fourth-order valence-corrected chi connectivity index (χ4v) is 3.95. The average molecular weight is 343 g/mol. The third-order valence-electron chi connectivity index (χ3n) is 4.25. The Morgan fingerprint density at radius 3 is 2.88 bits per heavy atom. The van der Waals surface area contributed by atoms with Gasteiger partial charge in [0.15, 0.2) is 5.13 Å². The van der Waals surface area contributed by atoms with Crippen molar-refractivity contribution in [3.8, 4) is 0 Å². The summed E-state index contributed by atoms with van der Waals surface area (Å²) in [4.78, 5) is 20.3. The van der Waals surface area contributed by atoms with Crippen LogP contribution in [0.4, 0.5) is 5.13 Å². The van der Waals surface area contributed by atoms with Crippen LogP contribution in [0, 0.1) is 5.92 Å². The van der Waals surface area contributed by atoms with Gasteiger partial charge in [-0.15, -0.1) is 11.3 Å². The molecule has 0 spiro atoms. The summed E-state index contributed by atoms with van der Waals surface area (Å²) < 4.78 is 0. The highest BCUT2D eigenvalue weighted by Crippen LogP contribution is 2.29. The van der Waals surface area contributed by atoms with Crippen molar-refractivity contribution in [2.24, 2.45) is 5.92 Å². The Bertz CT molecular complexity index is 681. The third kappa shape index (κ3) is 4.65. The highest BCUT2D eigenvalue weighted by Gasteiger charge is 2.21. The molecule has 0 radical (unpaired) electrons. The monoisotopic (exact) mass is 343 g/mol. The van der Waals surface area contributed by atoms with Crippen LogP contribution in [-0.4, -0.2) is 22.3 Å². The van der Waals surface area contributed by atoms with Crippen LogP contribution in [-0.2, 0) is 24.3 Å². The molecule has 0 saturated carbocycles. The predicted molar refractivity (Wildman–Crippen MR) is 99.1 cm³/mol. The van der Waals surface area contributed by atoms with Crippen LogP contribution in [0.15, 0.2) is 30.3 Å². The molecule has 3 rings (SSSR count). The fourth-order valence-electron chi connectivity index (χ4n) is 2.88. The van der Waals surface area contributed by atoms with E-state index in [1.807, 2.05) is 0 Å².